The molecule has 4 N–H and O–H groups in total. The van der Waals surface area contributed by atoms with E-state index in [0.29, 0.717) is 16.9 Å². The van der Waals surface area contributed by atoms with E-state index in [1.807, 2.05) is 25.1 Å². The molecule has 9 nitrogen and oxygen atoms in total. The first-order valence-electron chi connectivity index (χ1n) is 10.1. The molecule has 0 spiro atoms. The van der Waals surface area contributed by atoms with Gasteiger partial charge in [0, 0.05) is 11.9 Å². The van der Waals surface area contributed by atoms with E-state index in [1.54, 1.807) is 37.3 Å². The molecule has 0 saturated carbocycles. The summed E-state index contributed by atoms with van der Waals surface area (Å²) in [4.78, 5) is 45.1. The number of carbonyl (C=O) groups excluding carboxylic acids is 3. The van der Waals surface area contributed by atoms with Crippen molar-refractivity contribution in [1.82, 2.24) is 9.97 Å². The van der Waals surface area contributed by atoms with Gasteiger partial charge in [-0.1, -0.05) is 36.0 Å². The second-order valence-electron chi connectivity index (χ2n) is 6.88. The molecular weight excluding hydrogens is 442 g/mol. The first kappa shape index (κ1) is 23.7. The van der Waals surface area contributed by atoms with Crippen LogP contribution >= 0.6 is 11.8 Å². The Labute approximate surface area is 195 Å². The molecule has 0 atom stereocenters. The zero-order valence-electron chi connectivity index (χ0n) is 18.1. The van der Waals surface area contributed by atoms with Gasteiger partial charge in [-0.05, 0) is 43.7 Å². The summed E-state index contributed by atoms with van der Waals surface area (Å²) >= 11 is 1.05. The molecule has 0 bridgehead atoms. The largest absolute Gasteiger partial charge is 0.462 e. The van der Waals surface area contributed by atoms with Gasteiger partial charge in [-0.2, -0.15) is 0 Å². The molecule has 2 amide bonds. The highest BCUT2D eigenvalue weighted by Crippen LogP contribution is 2.20. The number of aryl methyl sites for hydroxylation is 1. The molecule has 0 saturated heterocycles. The van der Waals surface area contributed by atoms with Gasteiger partial charge in [0.1, 0.15) is 11.4 Å². The van der Waals surface area contributed by atoms with Gasteiger partial charge in [0.15, 0.2) is 5.16 Å². The summed E-state index contributed by atoms with van der Waals surface area (Å²) in [6.07, 6.45) is 1.27. The molecule has 0 aliphatic heterocycles. The summed E-state index contributed by atoms with van der Waals surface area (Å²) in [5, 5.41) is 5.81. The second-order valence-corrected chi connectivity index (χ2v) is 7.82. The summed E-state index contributed by atoms with van der Waals surface area (Å²) in [5.74, 6) is -1.34. The van der Waals surface area contributed by atoms with E-state index in [4.69, 9.17) is 10.5 Å². The highest BCUT2D eigenvalue weighted by atomic mass is 32.2. The van der Waals surface area contributed by atoms with Crippen molar-refractivity contribution < 1.29 is 19.1 Å². The number of rotatable bonds is 8. The number of nitrogens with one attached hydrogen (secondary N) is 2. The van der Waals surface area contributed by atoms with Gasteiger partial charge in [0.25, 0.3) is 5.91 Å². The average Bonchev–Trinajstić information content (AvgIpc) is 2.78. The highest BCUT2D eigenvalue weighted by molar-refractivity contribution is 7.99. The highest BCUT2D eigenvalue weighted by Gasteiger charge is 2.16. The number of thioether (sulfide) groups is 1. The third-order valence-electron chi connectivity index (χ3n) is 4.35. The molecule has 170 valence electrons. The normalized spacial score (nSPS) is 10.4. The third kappa shape index (κ3) is 6.53. The quantitative estimate of drug-likeness (QED) is 0.261. The molecule has 0 aliphatic rings. The number of nitrogens with two attached hydrogens (primary N) is 1. The fourth-order valence-electron chi connectivity index (χ4n) is 2.84. The Bertz CT molecular complexity index is 1190. The molecule has 3 aromatic rings. The van der Waals surface area contributed by atoms with Crippen molar-refractivity contribution in [1.29, 1.82) is 0 Å². The molecule has 33 heavy (non-hydrogen) atoms. The maximum Gasteiger partial charge on any atom is 0.343 e. The number of ether oxygens (including phenoxy) is 1. The van der Waals surface area contributed by atoms with Crippen LogP contribution in [0.25, 0.3) is 0 Å². The van der Waals surface area contributed by atoms with Crippen LogP contribution in [0.15, 0.2) is 59.9 Å². The molecule has 0 aliphatic carbocycles. The van der Waals surface area contributed by atoms with Gasteiger partial charge in [0.05, 0.1) is 23.6 Å². The fraction of sp³-hybridized carbons (Fsp3) is 0.174. The minimum Gasteiger partial charge on any atom is -0.462 e. The molecule has 1 aromatic heterocycles. The van der Waals surface area contributed by atoms with Crippen LogP contribution < -0.4 is 16.4 Å². The predicted molar refractivity (Wildman–Crippen MR) is 127 cm³/mol. The van der Waals surface area contributed by atoms with Crippen LogP contribution in [0.5, 0.6) is 0 Å². The first-order chi connectivity index (χ1) is 15.9. The van der Waals surface area contributed by atoms with Crippen LogP contribution in [0.1, 0.15) is 33.2 Å². The fourth-order valence-corrected chi connectivity index (χ4v) is 3.46. The number of aromatic nitrogens is 2. The lowest BCUT2D eigenvalue weighted by atomic mass is 10.1. The van der Waals surface area contributed by atoms with Crippen LogP contribution in [-0.2, 0) is 9.53 Å². The first-order valence-corrected chi connectivity index (χ1v) is 11.0. The number of hydrogen-bond acceptors (Lipinski definition) is 8. The number of nitrogens with zero attached hydrogens (tertiary/aromatic N) is 2. The molecule has 2 aromatic carbocycles. The minimum atomic E-state index is -0.607. The molecule has 1 heterocycles. The molecular formula is C23H23N5O4S. The number of para-hydroxylation sites is 1. The standard InChI is InChI=1S/C23H23N5O4S/c1-3-32-22(31)17-12-25-23(28-20(17)24)33-13-19(29)27-18-10-5-4-9-16(18)21(30)26-15-8-6-7-14(2)11-15/h4-12H,3,13H2,1-2H3,(H,26,30)(H,27,29)(H2,24,25,28). The average molecular weight is 466 g/mol. The van der Waals surface area contributed by atoms with E-state index in [9.17, 15) is 14.4 Å². The molecule has 0 fully saturated rings. The molecule has 3 rings (SSSR count). The zero-order chi connectivity index (χ0) is 23.8. The number of hydrogen-bond donors (Lipinski definition) is 3. The van der Waals surface area contributed by atoms with Crippen LogP contribution in [0.4, 0.5) is 17.2 Å². The van der Waals surface area contributed by atoms with Crippen LogP contribution in [0.3, 0.4) is 0 Å². The van der Waals surface area contributed by atoms with Crippen molar-refractivity contribution in [3.63, 3.8) is 0 Å². The Morgan fingerprint density at radius 1 is 1.06 bits per heavy atom. The smallest absolute Gasteiger partial charge is 0.343 e. The van der Waals surface area contributed by atoms with Gasteiger partial charge >= 0.3 is 5.97 Å². The van der Waals surface area contributed by atoms with Crippen molar-refractivity contribution in [3.8, 4) is 0 Å². The van der Waals surface area contributed by atoms with Gasteiger partial charge < -0.3 is 21.1 Å². The number of anilines is 3. The zero-order valence-corrected chi connectivity index (χ0v) is 18.9. The summed E-state index contributed by atoms with van der Waals surface area (Å²) in [7, 11) is 0. The lowest BCUT2D eigenvalue weighted by Crippen LogP contribution is -2.19. The van der Waals surface area contributed by atoms with E-state index >= 15 is 0 Å². The van der Waals surface area contributed by atoms with Gasteiger partial charge in [0.2, 0.25) is 5.91 Å². The second kappa shape index (κ2) is 11.1. The Kier molecular flexibility index (Phi) is 7.98. The van der Waals surface area contributed by atoms with Gasteiger partial charge in [-0.3, -0.25) is 9.59 Å². The predicted octanol–water partition coefficient (Wildman–Crippen LogP) is 3.53. The van der Waals surface area contributed by atoms with Crippen molar-refractivity contribution in [2.45, 2.75) is 19.0 Å². The van der Waals surface area contributed by atoms with E-state index < -0.39 is 5.97 Å². The molecule has 0 radical (unpaired) electrons. The summed E-state index contributed by atoms with van der Waals surface area (Å²) in [5.41, 5.74) is 8.26. The van der Waals surface area contributed by atoms with E-state index in [0.717, 1.165) is 17.3 Å². The Balaban J connectivity index is 1.62. The Hall–Kier alpha value is -3.92. The lowest BCUT2D eigenvalue weighted by Gasteiger charge is -2.12. The van der Waals surface area contributed by atoms with Crippen LogP contribution in [0, 0.1) is 6.92 Å². The summed E-state index contributed by atoms with van der Waals surface area (Å²) in [6, 6.07) is 14.2. The summed E-state index contributed by atoms with van der Waals surface area (Å²) in [6.45, 7) is 3.82. The number of esters is 1. The maximum absolute atomic E-state index is 12.7. The maximum atomic E-state index is 12.7. The van der Waals surface area contributed by atoms with Gasteiger partial charge in [-0.25, -0.2) is 14.8 Å². The van der Waals surface area contributed by atoms with Crippen LogP contribution in [-0.4, -0.2) is 40.1 Å². The van der Waals surface area contributed by atoms with Crippen molar-refractivity contribution in [2.24, 2.45) is 0 Å². The number of benzene rings is 2. The number of carbonyl (C=O) groups is 3. The number of amides is 2. The van der Waals surface area contributed by atoms with E-state index in [2.05, 4.69) is 20.6 Å². The Morgan fingerprint density at radius 2 is 1.85 bits per heavy atom. The summed E-state index contributed by atoms with van der Waals surface area (Å²) < 4.78 is 4.88. The van der Waals surface area contributed by atoms with Gasteiger partial charge in [-0.15, -0.1) is 0 Å². The van der Waals surface area contributed by atoms with E-state index in [1.165, 1.54) is 6.20 Å². The van der Waals surface area contributed by atoms with Crippen LogP contribution in [0.2, 0.25) is 0 Å². The third-order valence-corrected chi connectivity index (χ3v) is 5.21. The molecule has 10 heteroatoms. The van der Waals surface area contributed by atoms with E-state index in [-0.39, 0.29) is 40.7 Å². The lowest BCUT2D eigenvalue weighted by molar-refractivity contribution is -0.113. The SMILES string of the molecule is CCOC(=O)c1cnc(SCC(=O)Nc2ccccc2C(=O)Nc2cccc(C)c2)nc1N. The van der Waals surface area contributed by atoms with Crippen molar-refractivity contribution in [2.75, 3.05) is 28.7 Å². The minimum absolute atomic E-state index is 0.0218. The van der Waals surface area contributed by atoms with Crippen molar-refractivity contribution in [3.05, 3.63) is 71.4 Å². The topological polar surface area (TPSA) is 136 Å². The number of nitrogen functional groups attached to an aromatic ring is 1. The Morgan fingerprint density at radius 3 is 2.58 bits per heavy atom. The molecule has 0 unspecified atom stereocenters. The van der Waals surface area contributed by atoms with Crippen molar-refractivity contribution >= 4 is 46.7 Å². The monoisotopic (exact) mass is 465 g/mol.